The normalized spacial score (nSPS) is 23.5. The Hall–Kier alpha value is -0.610. The minimum Gasteiger partial charge on any atom is -0.343 e. The van der Waals surface area contributed by atoms with Gasteiger partial charge in [-0.05, 0) is 50.1 Å². The molecule has 2 fully saturated rings. The molecule has 2 rings (SSSR count). The van der Waals surface area contributed by atoms with Gasteiger partial charge >= 0.3 is 0 Å². The molecule has 1 amide bonds. The van der Waals surface area contributed by atoms with Crippen LogP contribution in [0.15, 0.2) is 0 Å². The number of hydrogen-bond acceptors (Lipinski definition) is 3. The van der Waals surface area contributed by atoms with E-state index in [0.29, 0.717) is 6.42 Å². The van der Waals surface area contributed by atoms with Crippen molar-refractivity contribution in [2.24, 2.45) is 17.1 Å². The predicted molar refractivity (Wildman–Crippen MR) is 87.0 cm³/mol. The molecule has 4 heteroatoms. The maximum Gasteiger partial charge on any atom is 0.224 e. The van der Waals surface area contributed by atoms with Gasteiger partial charge in [-0.1, -0.05) is 20.8 Å². The van der Waals surface area contributed by atoms with Crippen molar-refractivity contribution in [1.82, 2.24) is 9.80 Å². The van der Waals surface area contributed by atoms with Crippen LogP contribution in [-0.4, -0.2) is 54.5 Å². The Morgan fingerprint density at radius 3 is 2.24 bits per heavy atom. The van der Waals surface area contributed by atoms with Crippen molar-refractivity contribution in [3.8, 4) is 0 Å². The predicted octanol–water partition coefficient (Wildman–Crippen LogP) is 2.08. The second kappa shape index (κ2) is 7.10. The lowest BCUT2D eigenvalue weighted by atomic mass is 9.85. The number of carbonyl (C=O) groups excluding carboxylic acids is 1. The van der Waals surface area contributed by atoms with Crippen LogP contribution in [0.5, 0.6) is 0 Å². The molecule has 2 N–H and O–H groups in total. The van der Waals surface area contributed by atoms with Crippen molar-refractivity contribution in [2.75, 3.05) is 32.7 Å². The van der Waals surface area contributed by atoms with Gasteiger partial charge in [-0.15, -0.1) is 0 Å². The first-order chi connectivity index (χ1) is 9.86. The second-order valence-electron chi connectivity index (χ2n) is 8.01. The van der Waals surface area contributed by atoms with Gasteiger partial charge in [0.05, 0.1) is 0 Å². The fourth-order valence-electron chi connectivity index (χ4n) is 3.32. The number of nitrogens with zero attached hydrogens (tertiary/aromatic N) is 2. The van der Waals surface area contributed by atoms with Gasteiger partial charge in [-0.25, -0.2) is 0 Å². The van der Waals surface area contributed by atoms with Gasteiger partial charge in [-0.3, -0.25) is 4.79 Å². The molecule has 2 saturated heterocycles. The zero-order valence-corrected chi connectivity index (χ0v) is 14.1. The van der Waals surface area contributed by atoms with E-state index >= 15 is 0 Å². The highest BCUT2D eigenvalue weighted by Gasteiger charge is 2.28. The Balaban J connectivity index is 1.71. The molecule has 4 nitrogen and oxygen atoms in total. The van der Waals surface area contributed by atoms with Crippen LogP contribution in [0.25, 0.3) is 0 Å². The number of piperidine rings is 1. The van der Waals surface area contributed by atoms with Crippen LogP contribution in [0.1, 0.15) is 52.9 Å². The number of hydrogen-bond donors (Lipinski definition) is 1. The van der Waals surface area contributed by atoms with Crippen LogP contribution in [0, 0.1) is 11.3 Å². The lowest BCUT2D eigenvalue weighted by molar-refractivity contribution is -0.133. The summed E-state index contributed by atoms with van der Waals surface area (Å²) in [7, 11) is 0. The van der Waals surface area contributed by atoms with Crippen LogP contribution in [0.4, 0.5) is 0 Å². The van der Waals surface area contributed by atoms with E-state index in [9.17, 15) is 4.79 Å². The minimum absolute atomic E-state index is 0.00371. The van der Waals surface area contributed by atoms with E-state index in [-0.39, 0.29) is 17.4 Å². The van der Waals surface area contributed by atoms with E-state index in [4.69, 9.17) is 5.73 Å². The van der Waals surface area contributed by atoms with Crippen LogP contribution in [0.2, 0.25) is 0 Å². The van der Waals surface area contributed by atoms with Gasteiger partial charge in [0.25, 0.3) is 0 Å². The van der Waals surface area contributed by atoms with Gasteiger partial charge in [0, 0.05) is 32.1 Å². The molecule has 0 aliphatic carbocycles. The quantitative estimate of drug-likeness (QED) is 0.864. The SMILES string of the molecule is CC(C)(C)C(N)CC(=O)N1CCC(CN2CCCC2)CC1. The van der Waals surface area contributed by atoms with Gasteiger partial charge in [0.2, 0.25) is 5.91 Å². The molecule has 2 aliphatic heterocycles. The van der Waals surface area contributed by atoms with E-state index in [1.54, 1.807) is 0 Å². The number of amides is 1. The molecular formula is C17H33N3O. The molecule has 1 atom stereocenters. The fourth-order valence-corrected chi connectivity index (χ4v) is 3.32. The molecule has 0 aromatic heterocycles. The Bertz CT molecular complexity index is 336. The fraction of sp³-hybridized carbons (Fsp3) is 0.941. The third kappa shape index (κ3) is 4.96. The van der Waals surface area contributed by atoms with Crippen molar-refractivity contribution in [2.45, 2.75) is 58.9 Å². The monoisotopic (exact) mass is 295 g/mol. The average molecular weight is 295 g/mol. The average Bonchev–Trinajstić information content (AvgIpc) is 2.91. The largest absolute Gasteiger partial charge is 0.343 e. The summed E-state index contributed by atoms with van der Waals surface area (Å²) in [5.41, 5.74) is 6.14. The summed E-state index contributed by atoms with van der Waals surface area (Å²) in [4.78, 5) is 17.0. The summed E-state index contributed by atoms with van der Waals surface area (Å²) >= 11 is 0. The van der Waals surface area contributed by atoms with Crippen molar-refractivity contribution >= 4 is 5.91 Å². The van der Waals surface area contributed by atoms with E-state index in [0.717, 1.165) is 31.8 Å². The molecule has 1 unspecified atom stereocenters. The summed E-state index contributed by atoms with van der Waals surface area (Å²) < 4.78 is 0. The first-order valence-electron chi connectivity index (χ1n) is 8.62. The highest BCUT2D eigenvalue weighted by molar-refractivity contribution is 5.77. The molecule has 0 spiro atoms. The standard InChI is InChI=1S/C17H33N3O/c1-17(2,3)15(18)12-16(21)20-10-6-14(7-11-20)13-19-8-4-5-9-19/h14-15H,4-13,18H2,1-3H3. The Morgan fingerprint density at radius 2 is 1.71 bits per heavy atom. The zero-order valence-electron chi connectivity index (χ0n) is 14.1. The molecule has 0 bridgehead atoms. The van der Waals surface area contributed by atoms with Gasteiger partial charge in [0.1, 0.15) is 0 Å². The van der Waals surface area contributed by atoms with Gasteiger partial charge in [-0.2, -0.15) is 0 Å². The highest BCUT2D eigenvalue weighted by Crippen LogP contribution is 2.24. The molecule has 2 heterocycles. The topological polar surface area (TPSA) is 49.6 Å². The maximum absolute atomic E-state index is 12.3. The Labute approximate surface area is 130 Å². The van der Waals surface area contributed by atoms with Gasteiger partial charge < -0.3 is 15.5 Å². The number of likely N-dealkylation sites (tertiary alicyclic amines) is 2. The molecule has 2 aliphatic rings. The lowest BCUT2D eigenvalue weighted by Crippen LogP contribution is -2.45. The van der Waals surface area contributed by atoms with Gasteiger partial charge in [0.15, 0.2) is 0 Å². The van der Waals surface area contributed by atoms with Crippen molar-refractivity contribution < 1.29 is 4.79 Å². The first kappa shape index (κ1) is 16.8. The van der Waals surface area contributed by atoms with Crippen LogP contribution in [0.3, 0.4) is 0 Å². The summed E-state index contributed by atoms with van der Waals surface area (Å²) in [6.45, 7) is 12.0. The molecule has 0 aromatic rings. The Morgan fingerprint density at radius 1 is 1.14 bits per heavy atom. The third-order valence-corrected chi connectivity index (χ3v) is 5.19. The molecule has 0 aromatic carbocycles. The van der Waals surface area contributed by atoms with Crippen molar-refractivity contribution in [3.05, 3.63) is 0 Å². The Kier molecular flexibility index (Phi) is 5.67. The molecule has 21 heavy (non-hydrogen) atoms. The van der Waals surface area contributed by atoms with Crippen molar-refractivity contribution in [3.63, 3.8) is 0 Å². The summed E-state index contributed by atoms with van der Waals surface area (Å²) in [5.74, 6) is 1.03. The third-order valence-electron chi connectivity index (χ3n) is 5.19. The minimum atomic E-state index is -0.0488. The molecular weight excluding hydrogens is 262 g/mol. The summed E-state index contributed by atoms with van der Waals surface area (Å²) in [5, 5.41) is 0. The van der Waals surface area contributed by atoms with Crippen LogP contribution in [-0.2, 0) is 4.79 Å². The summed E-state index contributed by atoms with van der Waals surface area (Å²) in [6.07, 6.45) is 5.53. The van der Waals surface area contributed by atoms with E-state index < -0.39 is 0 Å². The number of carbonyl (C=O) groups is 1. The second-order valence-corrected chi connectivity index (χ2v) is 8.01. The molecule has 122 valence electrons. The first-order valence-corrected chi connectivity index (χ1v) is 8.62. The smallest absolute Gasteiger partial charge is 0.224 e. The van der Waals surface area contributed by atoms with E-state index in [1.807, 2.05) is 4.90 Å². The lowest BCUT2D eigenvalue weighted by Gasteiger charge is -2.35. The zero-order chi connectivity index (χ0) is 15.5. The number of nitrogens with two attached hydrogens (primary N) is 1. The molecule has 0 saturated carbocycles. The van der Waals surface area contributed by atoms with Crippen LogP contribution < -0.4 is 5.73 Å². The molecule has 0 radical (unpaired) electrons. The van der Waals surface area contributed by atoms with Crippen molar-refractivity contribution in [1.29, 1.82) is 0 Å². The van der Waals surface area contributed by atoms with Crippen LogP contribution >= 0.6 is 0 Å². The summed E-state index contributed by atoms with van der Waals surface area (Å²) in [6, 6.07) is -0.0488. The van der Waals surface area contributed by atoms with E-state index in [2.05, 4.69) is 25.7 Å². The van der Waals surface area contributed by atoms with E-state index in [1.165, 1.54) is 32.5 Å². The number of rotatable bonds is 4. The highest BCUT2D eigenvalue weighted by atomic mass is 16.2. The maximum atomic E-state index is 12.3.